The predicted molar refractivity (Wildman–Crippen MR) is 105 cm³/mol. The van der Waals surface area contributed by atoms with Crippen LogP contribution < -0.4 is 4.74 Å². The van der Waals surface area contributed by atoms with Crippen LogP contribution in [0, 0.1) is 0 Å². The van der Waals surface area contributed by atoms with Crippen LogP contribution in [0.3, 0.4) is 0 Å². The molecule has 1 N–H and O–H groups in total. The van der Waals surface area contributed by atoms with Gasteiger partial charge in [-0.05, 0) is 25.0 Å². The Morgan fingerprint density at radius 3 is 2.96 bits per heavy atom. The molecule has 0 unspecified atom stereocenters. The van der Waals surface area contributed by atoms with E-state index < -0.39 is 0 Å². The van der Waals surface area contributed by atoms with Crippen molar-refractivity contribution in [3.05, 3.63) is 35.7 Å². The molecule has 0 bridgehead atoms. The number of ether oxygens (including phenoxy) is 1. The summed E-state index contributed by atoms with van der Waals surface area (Å²) in [6, 6.07) is 7.79. The van der Waals surface area contributed by atoms with Gasteiger partial charge in [0.15, 0.2) is 0 Å². The van der Waals surface area contributed by atoms with Gasteiger partial charge in [-0.25, -0.2) is 4.98 Å². The summed E-state index contributed by atoms with van der Waals surface area (Å²) in [5.41, 5.74) is 3.01. The molecule has 4 rings (SSSR count). The van der Waals surface area contributed by atoms with Gasteiger partial charge in [0.1, 0.15) is 11.6 Å². The minimum absolute atomic E-state index is 0.148. The molecule has 0 saturated carbocycles. The second-order valence-electron chi connectivity index (χ2n) is 7.40. The summed E-state index contributed by atoms with van der Waals surface area (Å²) in [4.78, 5) is 36.1. The van der Waals surface area contributed by atoms with Gasteiger partial charge >= 0.3 is 0 Å². The van der Waals surface area contributed by atoms with E-state index in [1.54, 1.807) is 7.11 Å². The molecule has 2 aliphatic rings. The molecule has 1 saturated heterocycles. The highest BCUT2D eigenvalue weighted by atomic mass is 16.5. The van der Waals surface area contributed by atoms with Gasteiger partial charge in [0.25, 0.3) is 0 Å². The van der Waals surface area contributed by atoms with Crippen molar-refractivity contribution in [2.45, 2.75) is 38.6 Å². The minimum Gasteiger partial charge on any atom is -0.497 e. The number of rotatable bonds is 6. The zero-order valence-electron chi connectivity index (χ0n) is 16.2. The maximum absolute atomic E-state index is 12.6. The molecule has 148 valence electrons. The van der Waals surface area contributed by atoms with Gasteiger partial charge in [0.05, 0.1) is 25.0 Å². The van der Waals surface area contributed by atoms with Crippen LogP contribution in [0.15, 0.2) is 24.3 Å². The molecule has 0 aliphatic carbocycles. The second kappa shape index (κ2) is 8.04. The summed E-state index contributed by atoms with van der Waals surface area (Å²) in [5.74, 6) is 1.97. The first-order valence-electron chi connectivity index (χ1n) is 9.92. The van der Waals surface area contributed by atoms with E-state index in [1.165, 1.54) is 0 Å². The number of fused-ring (bicyclic) bond motifs is 1. The Labute approximate surface area is 164 Å². The number of hydrogen-bond acceptors (Lipinski definition) is 4. The van der Waals surface area contributed by atoms with Gasteiger partial charge in [-0.2, -0.15) is 0 Å². The Hall–Kier alpha value is -2.83. The molecule has 7 nitrogen and oxygen atoms in total. The number of nitrogens with zero attached hydrogens (tertiary/aromatic N) is 3. The first-order chi connectivity index (χ1) is 13.6. The molecule has 2 aliphatic heterocycles. The van der Waals surface area contributed by atoms with Crippen molar-refractivity contribution in [1.29, 1.82) is 0 Å². The van der Waals surface area contributed by atoms with Crippen molar-refractivity contribution < 1.29 is 14.3 Å². The maximum atomic E-state index is 12.6. The van der Waals surface area contributed by atoms with E-state index in [2.05, 4.69) is 4.98 Å². The number of carbonyl (C=O) groups is 2. The lowest BCUT2D eigenvalue weighted by Crippen LogP contribution is -2.36. The number of hydrogen-bond donors (Lipinski definition) is 1. The Bertz CT molecular complexity index is 876. The lowest BCUT2D eigenvalue weighted by molar-refractivity contribution is -0.133. The van der Waals surface area contributed by atoms with E-state index in [0.29, 0.717) is 32.5 Å². The van der Waals surface area contributed by atoms with Crippen molar-refractivity contribution in [2.75, 3.05) is 26.7 Å². The van der Waals surface area contributed by atoms with Crippen LogP contribution in [-0.4, -0.2) is 58.3 Å². The SMILES string of the molecule is COc1cccc(-c2nc3c([nH]2)CN(C(=O)CCCN2CCCC2=O)CC3)c1. The van der Waals surface area contributed by atoms with E-state index in [9.17, 15) is 9.59 Å². The molecule has 2 amide bonds. The maximum Gasteiger partial charge on any atom is 0.222 e. The third-order valence-electron chi connectivity index (χ3n) is 5.52. The Morgan fingerprint density at radius 2 is 2.18 bits per heavy atom. The summed E-state index contributed by atoms with van der Waals surface area (Å²) in [7, 11) is 1.65. The average Bonchev–Trinajstić information content (AvgIpc) is 3.33. The standard InChI is InChI=1S/C21H26N4O3/c1-28-16-6-2-5-15(13-16)21-22-17-9-12-25(14-18(17)23-21)20(27)8-4-11-24-10-3-7-19(24)26/h2,5-6,13H,3-4,7-12,14H2,1H3,(H,22,23). The molecule has 0 spiro atoms. The third kappa shape index (κ3) is 3.88. The summed E-state index contributed by atoms with van der Waals surface area (Å²) < 4.78 is 5.29. The molecule has 1 fully saturated rings. The van der Waals surface area contributed by atoms with E-state index in [4.69, 9.17) is 9.72 Å². The number of methoxy groups -OCH3 is 1. The van der Waals surface area contributed by atoms with Crippen molar-refractivity contribution in [3.8, 4) is 17.1 Å². The highest BCUT2D eigenvalue weighted by Crippen LogP contribution is 2.25. The number of likely N-dealkylation sites (tertiary alicyclic amines) is 1. The number of imidazole rings is 1. The molecule has 0 radical (unpaired) electrons. The molecule has 2 aromatic rings. The summed E-state index contributed by atoms with van der Waals surface area (Å²) in [6.45, 7) is 2.78. The van der Waals surface area contributed by atoms with Crippen LogP contribution in [0.25, 0.3) is 11.4 Å². The third-order valence-corrected chi connectivity index (χ3v) is 5.52. The van der Waals surface area contributed by atoms with Crippen LogP contribution >= 0.6 is 0 Å². The van der Waals surface area contributed by atoms with Gasteiger partial charge < -0.3 is 19.5 Å². The topological polar surface area (TPSA) is 78.5 Å². The summed E-state index contributed by atoms with van der Waals surface area (Å²) in [6.07, 6.45) is 3.56. The number of aromatic nitrogens is 2. The van der Waals surface area contributed by atoms with Gasteiger partial charge in [0.2, 0.25) is 11.8 Å². The van der Waals surface area contributed by atoms with Crippen molar-refractivity contribution in [1.82, 2.24) is 19.8 Å². The van der Waals surface area contributed by atoms with Crippen LogP contribution in [0.4, 0.5) is 0 Å². The molecule has 1 aromatic carbocycles. The normalized spacial score (nSPS) is 16.4. The monoisotopic (exact) mass is 382 g/mol. The van der Waals surface area contributed by atoms with Gasteiger partial charge in [-0.1, -0.05) is 12.1 Å². The predicted octanol–water partition coefficient (Wildman–Crippen LogP) is 2.37. The summed E-state index contributed by atoms with van der Waals surface area (Å²) in [5, 5.41) is 0. The van der Waals surface area contributed by atoms with Gasteiger partial charge in [-0.3, -0.25) is 9.59 Å². The molecular weight excluding hydrogens is 356 g/mol. The largest absolute Gasteiger partial charge is 0.497 e. The van der Waals surface area contributed by atoms with E-state index in [-0.39, 0.29) is 11.8 Å². The first-order valence-corrected chi connectivity index (χ1v) is 9.92. The molecule has 28 heavy (non-hydrogen) atoms. The minimum atomic E-state index is 0.148. The van der Waals surface area contributed by atoms with E-state index >= 15 is 0 Å². The number of H-pyrrole nitrogens is 1. The van der Waals surface area contributed by atoms with Crippen LogP contribution in [0.1, 0.15) is 37.1 Å². The second-order valence-corrected chi connectivity index (χ2v) is 7.40. The van der Waals surface area contributed by atoms with Gasteiger partial charge in [0, 0.05) is 44.5 Å². The Kier molecular flexibility index (Phi) is 5.32. The Morgan fingerprint density at radius 1 is 1.29 bits per heavy atom. The van der Waals surface area contributed by atoms with Crippen LogP contribution in [0.5, 0.6) is 5.75 Å². The highest BCUT2D eigenvalue weighted by molar-refractivity contribution is 5.78. The van der Waals surface area contributed by atoms with E-state index in [0.717, 1.165) is 54.3 Å². The zero-order valence-corrected chi connectivity index (χ0v) is 16.2. The number of amides is 2. The average molecular weight is 382 g/mol. The van der Waals surface area contributed by atoms with Crippen LogP contribution in [-0.2, 0) is 22.6 Å². The number of aromatic amines is 1. The van der Waals surface area contributed by atoms with Gasteiger partial charge in [-0.15, -0.1) is 0 Å². The fourth-order valence-corrected chi connectivity index (χ4v) is 3.93. The number of carbonyl (C=O) groups excluding carboxylic acids is 2. The number of benzene rings is 1. The quantitative estimate of drug-likeness (QED) is 0.832. The van der Waals surface area contributed by atoms with Crippen molar-refractivity contribution in [2.24, 2.45) is 0 Å². The zero-order chi connectivity index (χ0) is 19.5. The lowest BCUT2D eigenvalue weighted by atomic mass is 10.1. The molecule has 3 heterocycles. The lowest BCUT2D eigenvalue weighted by Gasteiger charge is -2.26. The fraction of sp³-hybridized carbons (Fsp3) is 0.476. The Balaban J connectivity index is 1.35. The van der Waals surface area contributed by atoms with E-state index in [1.807, 2.05) is 34.1 Å². The summed E-state index contributed by atoms with van der Waals surface area (Å²) >= 11 is 0. The molecule has 1 aromatic heterocycles. The first kappa shape index (κ1) is 18.5. The molecule has 7 heteroatoms. The number of nitrogens with one attached hydrogen (secondary N) is 1. The molecular formula is C21H26N4O3. The smallest absolute Gasteiger partial charge is 0.222 e. The van der Waals surface area contributed by atoms with Crippen LogP contribution in [0.2, 0.25) is 0 Å². The molecule has 0 atom stereocenters. The van der Waals surface area contributed by atoms with Crippen molar-refractivity contribution >= 4 is 11.8 Å². The highest BCUT2D eigenvalue weighted by Gasteiger charge is 2.25. The fourth-order valence-electron chi connectivity index (χ4n) is 3.93. The van der Waals surface area contributed by atoms with Crippen molar-refractivity contribution in [3.63, 3.8) is 0 Å².